The summed E-state index contributed by atoms with van der Waals surface area (Å²) in [7, 11) is 4.10. The van der Waals surface area contributed by atoms with Crippen LogP contribution in [0.15, 0.2) is 18.3 Å². The highest BCUT2D eigenvalue weighted by Gasteiger charge is 2.06. The van der Waals surface area contributed by atoms with Crippen molar-refractivity contribution in [3.63, 3.8) is 0 Å². The first kappa shape index (κ1) is 12.5. The van der Waals surface area contributed by atoms with Crippen LogP contribution in [0.2, 0.25) is 0 Å². The number of nitrogens with zero attached hydrogens (tertiary/aromatic N) is 3. The summed E-state index contributed by atoms with van der Waals surface area (Å²) in [5, 5.41) is 12.2. The van der Waals surface area contributed by atoms with Gasteiger partial charge in [0, 0.05) is 12.2 Å². The zero-order valence-corrected chi connectivity index (χ0v) is 10.1. The third-order valence-electron chi connectivity index (χ3n) is 2.32. The summed E-state index contributed by atoms with van der Waals surface area (Å²) in [5.74, 6) is 0.677. The summed E-state index contributed by atoms with van der Waals surface area (Å²) < 4.78 is 0. The Bertz CT molecular complexity index is 368. The molecule has 86 valence electrons. The van der Waals surface area contributed by atoms with Gasteiger partial charge in [0.2, 0.25) is 0 Å². The van der Waals surface area contributed by atoms with E-state index >= 15 is 0 Å². The van der Waals surface area contributed by atoms with Gasteiger partial charge >= 0.3 is 0 Å². The molecule has 0 aromatic carbocycles. The molecule has 4 heteroatoms. The fourth-order valence-corrected chi connectivity index (χ4v) is 1.37. The second-order valence-electron chi connectivity index (χ2n) is 4.15. The average Bonchev–Trinajstić information content (AvgIpc) is 2.27. The van der Waals surface area contributed by atoms with E-state index in [-0.39, 0.29) is 0 Å². The van der Waals surface area contributed by atoms with Crippen molar-refractivity contribution in [3.05, 3.63) is 23.9 Å². The fourth-order valence-electron chi connectivity index (χ4n) is 1.37. The van der Waals surface area contributed by atoms with E-state index in [1.54, 1.807) is 18.3 Å². The molecule has 0 bridgehead atoms. The van der Waals surface area contributed by atoms with Gasteiger partial charge in [0.15, 0.2) is 0 Å². The van der Waals surface area contributed by atoms with E-state index in [1.807, 2.05) is 14.1 Å². The third kappa shape index (κ3) is 3.87. The predicted octanol–water partition coefficient (Wildman–Crippen LogP) is 1.71. The summed E-state index contributed by atoms with van der Waals surface area (Å²) in [6.07, 6.45) is 2.72. The van der Waals surface area contributed by atoms with Crippen molar-refractivity contribution in [1.82, 2.24) is 9.88 Å². The second kappa shape index (κ2) is 6.09. The molecule has 1 atom stereocenters. The van der Waals surface area contributed by atoms with Crippen LogP contribution in [0.25, 0.3) is 0 Å². The van der Waals surface area contributed by atoms with E-state index in [9.17, 15) is 0 Å². The number of nitrogens with one attached hydrogen (secondary N) is 1. The normalized spacial score (nSPS) is 12.2. The zero-order valence-electron chi connectivity index (χ0n) is 10.1. The molecular formula is C12H18N4. The van der Waals surface area contributed by atoms with Crippen LogP contribution in [0.3, 0.4) is 0 Å². The molecule has 1 rings (SSSR count). The molecular weight excluding hydrogens is 200 g/mol. The Kier molecular flexibility index (Phi) is 4.74. The van der Waals surface area contributed by atoms with Gasteiger partial charge in [0.25, 0.3) is 0 Å². The van der Waals surface area contributed by atoms with E-state index in [0.717, 1.165) is 13.0 Å². The van der Waals surface area contributed by atoms with E-state index in [1.165, 1.54) is 0 Å². The minimum atomic E-state index is 0.310. The summed E-state index contributed by atoms with van der Waals surface area (Å²) in [4.78, 5) is 6.31. The first-order valence-electron chi connectivity index (χ1n) is 5.40. The van der Waals surface area contributed by atoms with Crippen LogP contribution in [0, 0.1) is 11.3 Å². The highest BCUT2D eigenvalue weighted by Crippen LogP contribution is 2.11. The van der Waals surface area contributed by atoms with E-state index in [0.29, 0.717) is 17.4 Å². The van der Waals surface area contributed by atoms with E-state index in [2.05, 4.69) is 28.2 Å². The molecule has 0 aliphatic carbocycles. The Labute approximate surface area is 96.9 Å². The molecule has 0 aliphatic heterocycles. The molecule has 0 amide bonds. The Balaban J connectivity index is 2.56. The van der Waals surface area contributed by atoms with Crippen LogP contribution in [0.4, 0.5) is 5.82 Å². The van der Waals surface area contributed by atoms with Gasteiger partial charge in [-0.25, -0.2) is 4.98 Å². The molecule has 0 spiro atoms. The molecule has 1 aromatic rings. The molecule has 0 radical (unpaired) electrons. The van der Waals surface area contributed by atoms with Gasteiger partial charge in [-0.15, -0.1) is 0 Å². The average molecular weight is 218 g/mol. The second-order valence-corrected chi connectivity index (χ2v) is 4.15. The molecule has 4 nitrogen and oxygen atoms in total. The smallest absolute Gasteiger partial charge is 0.144 e. The van der Waals surface area contributed by atoms with Gasteiger partial charge in [-0.1, -0.05) is 0 Å². The number of pyridine rings is 1. The molecule has 1 N–H and O–H groups in total. The molecule has 1 unspecified atom stereocenters. The van der Waals surface area contributed by atoms with E-state index in [4.69, 9.17) is 5.26 Å². The van der Waals surface area contributed by atoms with Crippen LogP contribution >= 0.6 is 0 Å². The highest BCUT2D eigenvalue weighted by atomic mass is 15.1. The maximum absolute atomic E-state index is 8.91. The number of nitriles is 1. The lowest BCUT2D eigenvalue weighted by atomic mass is 10.2. The Morgan fingerprint density at radius 3 is 2.94 bits per heavy atom. The summed E-state index contributed by atoms with van der Waals surface area (Å²) in [6, 6.07) is 5.98. The zero-order chi connectivity index (χ0) is 12.0. The van der Waals surface area contributed by atoms with Gasteiger partial charge in [0.1, 0.15) is 11.9 Å². The third-order valence-corrected chi connectivity index (χ3v) is 2.32. The number of rotatable bonds is 5. The van der Waals surface area contributed by atoms with E-state index < -0.39 is 0 Å². The molecule has 0 saturated carbocycles. The van der Waals surface area contributed by atoms with Gasteiger partial charge in [-0.2, -0.15) is 5.26 Å². The van der Waals surface area contributed by atoms with Gasteiger partial charge in [-0.3, -0.25) is 0 Å². The first-order chi connectivity index (χ1) is 7.63. The Hall–Kier alpha value is -1.60. The number of aromatic nitrogens is 1. The van der Waals surface area contributed by atoms with Gasteiger partial charge in [-0.05, 0) is 46.1 Å². The number of hydrogen-bond acceptors (Lipinski definition) is 4. The van der Waals surface area contributed by atoms with Gasteiger partial charge in [0.05, 0.1) is 5.56 Å². The lowest BCUT2D eigenvalue weighted by molar-refractivity contribution is 0.390. The summed E-state index contributed by atoms with van der Waals surface area (Å²) in [6.45, 7) is 3.11. The van der Waals surface area contributed by atoms with Crippen LogP contribution < -0.4 is 5.32 Å². The van der Waals surface area contributed by atoms with Crippen molar-refractivity contribution in [2.45, 2.75) is 19.4 Å². The summed E-state index contributed by atoms with van der Waals surface area (Å²) >= 11 is 0. The minimum absolute atomic E-state index is 0.310. The highest BCUT2D eigenvalue weighted by molar-refractivity contribution is 5.51. The standard InChI is InChI=1S/C12H18N4/c1-10(6-8-16(2)3)15-12-11(9-13)5-4-7-14-12/h4-5,7,10H,6,8H2,1-3H3,(H,14,15). The van der Waals surface area contributed by atoms with Crippen LogP contribution in [0.5, 0.6) is 0 Å². The molecule has 0 aliphatic rings. The molecule has 16 heavy (non-hydrogen) atoms. The van der Waals surface area contributed by atoms with Crippen molar-refractivity contribution in [3.8, 4) is 6.07 Å². The summed E-state index contributed by atoms with van der Waals surface area (Å²) in [5.41, 5.74) is 0.596. The number of hydrogen-bond donors (Lipinski definition) is 1. The minimum Gasteiger partial charge on any atom is -0.366 e. The Morgan fingerprint density at radius 2 is 2.31 bits per heavy atom. The van der Waals surface area contributed by atoms with Crippen LogP contribution in [-0.2, 0) is 0 Å². The quantitative estimate of drug-likeness (QED) is 0.817. The van der Waals surface area contributed by atoms with Crippen molar-refractivity contribution >= 4 is 5.82 Å². The maximum atomic E-state index is 8.91. The predicted molar refractivity (Wildman–Crippen MR) is 65.2 cm³/mol. The molecule has 1 heterocycles. The lowest BCUT2D eigenvalue weighted by Crippen LogP contribution is -2.23. The molecule has 1 aromatic heterocycles. The molecule has 0 fully saturated rings. The Morgan fingerprint density at radius 1 is 1.56 bits per heavy atom. The number of anilines is 1. The SMILES string of the molecule is CC(CCN(C)C)Nc1ncccc1C#N. The topological polar surface area (TPSA) is 52.0 Å². The fraction of sp³-hybridized carbons (Fsp3) is 0.500. The van der Waals surface area contributed by atoms with Crippen molar-refractivity contribution in [2.75, 3.05) is 26.0 Å². The van der Waals surface area contributed by atoms with Crippen LogP contribution in [0.1, 0.15) is 18.9 Å². The molecule has 0 saturated heterocycles. The van der Waals surface area contributed by atoms with Gasteiger partial charge < -0.3 is 10.2 Å². The first-order valence-corrected chi connectivity index (χ1v) is 5.40. The van der Waals surface area contributed by atoms with Crippen molar-refractivity contribution < 1.29 is 0 Å². The largest absolute Gasteiger partial charge is 0.366 e. The monoisotopic (exact) mass is 218 g/mol. The lowest BCUT2D eigenvalue weighted by Gasteiger charge is -2.17. The van der Waals surface area contributed by atoms with Crippen molar-refractivity contribution in [2.24, 2.45) is 0 Å². The van der Waals surface area contributed by atoms with Crippen LogP contribution in [-0.4, -0.2) is 36.6 Å². The maximum Gasteiger partial charge on any atom is 0.144 e. The van der Waals surface area contributed by atoms with Crippen molar-refractivity contribution in [1.29, 1.82) is 5.26 Å².